The van der Waals surface area contributed by atoms with Gasteiger partial charge in [0, 0.05) is 70.4 Å². The van der Waals surface area contributed by atoms with Gasteiger partial charge in [-0.2, -0.15) is 11.8 Å². The highest BCUT2D eigenvalue weighted by Crippen LogP contribution is 2.55. The summed E-state index contributed by atoms with van der Waals surface area (Å²) < 4.78 is 26.1. The van der Waals surface area contributed by atoms with E-state index in [1.807, 2.05) is 0 Å². The van der Waals surface area contributed by atoms with Crippen molar-refractivity contribution in [2.45, 2.75) is 68.0 Å². The van der Waals surface area contributed by atoms with Crippen LogP contribution in [-0.2, 0) is 18.9 Å². The molecule has 7 nitrogen and oxygen atoms in total. The highest BCUT2D eigenvalue weighted by molar-refractivity contribution is 7.99. The molecule has 0 bridgehead atoms. The van der Waals surface area contributed by atoms with Crippen LogP contribution in [-0.4, -0.2) is 128 Å². The van der Waals surface area contributed by atoms with Gasteiger partial charge in [-0.25, -0.2) is 0 Å². The van der Waals surface area contributed by atoms with Gasteiger partial charge >= 0.3 is 0 Å². The van der Waals surface area contributed by atoms with E-state index in [1.54, 1.807) is 0 Å². The molecule has 0 aromatic rings. The first-order valence-corrected chi connectivity index (χ1v) is 14.3. The van der Waals surface area contributed by atoms with E-state index in [-0.39, 0.29) is 17.9 Å². The van der Waals surface area contributed by atoms with Crippen LogP contribution in [0.25, 0.3) is 0 Å². The first kappa shape index (κ1) is 22.5. The Bertz CT molecular complexity index is 631. The average molecular weight is 468 g/mol. The number of ether oxygens (including phenoxy) is 4. The molecule has 0 amide bonds. The van der Waals surface area contributed by atoms with Crippen molar-refractivity contribution in [3.05, 3.63) is 0 Å². The highest BCUT2D eigenvalue weighted by atomic mass is 32.2. The molecule has 6 fully saturated rings. The van der Waals surface area contributed by atoms with Crippen molar-refractivity contribution < 1.29 is 18.9 Å². The topological polar surface area (TPSA) is 46.6 Å². The Balaban J connectivity index is 1.50. The summed E-state index contributed by atoms with van der Waals surface area (Å²) in [5, 5.41) is 0. The van der Waals surface area contributed by atoms with Crippen LogP contribution in [0.1, 0.15) is 38.5 Å². The number of nitrogens with zero attached hydrogens (tertiary/aromatic N) is 3. The van der Waals surface area contributed by atoms with Gasteiger partial charge in [-0.1, -0.05) is 0 Å². The number of rotatable bonds is 5. The summed E-state index contributed by atoms with van der Waals surface area (Å²) in [4.78, 5) is 8.39. The lowest BCUT2D eigenvalue weighted by molar-refractivity contribution is -0.296. The molecule has 0 aliphatic carbocycles. The summed E-state index contributed by atoms with van der Waals surface area (Å²) >= 11 is 2.10. The van der Waals surface area contributed by atoms with E-state index >= 15 is 0 Å². The van der Waals surface area contributed by atoms with Gasteiger partial charge in [0.25, 0.3) is 0 Å². The first-order valence-electron chi connectivity index (χ1n) is 13.1. The predicted molar refractivity (Wildman–Crippen MR) is 125 cm³/mol. The Hall–Kier alpha value is 0.0700. The molecule has 6 heterocycles. The van der Waals surface area contributed by atoms with Crippen molar-refractivity contribution in [2.24, 2.45) is 0 Å². The van der Waals surface area contributed by atoms with E-state index in [1.165, 1.54) is 37.2 Å². The van der Waals surface area contributed by atoms with Gasteiger partial charge in [0.2, 0.25) is 0 Å². The van der Waals surface area contributed by atoms with E-state index in [0.29, 0.717) is 6.04 Å². The van der Waals surface area contributed by atoms with E-state index < -0.39 is 5.60 Å². The Morgan fingerprint density at radius 3 is 2.03 bits per heavy atom. The Kier molecular flexibility index (Phi) is 6.77. The minimum Gasteiger partial charge on any atom is -0.379 e. The summed E-state index contributed by atoms with van der Waals surface area (Å²) in [6.07, 6.45) is 7.40. The SMILES string of the molecule is C1CCC(C2(C3CCO3)OCC(N3CCOCC3)C2(N2CCCC2)N2CCSCC2)OC1. The van der Waals surface area contributed by atoms with Gasteiger partial charge in [-0.15, -0.1) is 0 Å². The van der Waals surface area contributed by atoms with Gasteiger partial charge in [-0.3, -0.25) is 14.7 Å². The van der Waals surface area contributed by atoms with Crippen LogP contribution < -0.4 is 0 Å². The van der Waals surface area contributed by atoms with Gasteiger partial charge in [0.15, 0.2) is 5.60 Å². The number of hydrogen-bond acceptors (Lipinski definition) is 8. The van der Waals surface area contributed by atoms with Crippen molar-refractivity contribution in [3.63, 3.8) is 0 Å². The summed E-state index contributed by atoms with van der Waals surface area (Å²) in [7, 11) is 0. The Morgan fingerprint density at radius 1 is 0.688 bits per heavy atom. The maximum Gasteiger partial charge on any atom is 0.153 e. The van der Waals surface area contributed by atoms with Crippen LogP contribution in [0.5, 0.6) is 0 Å². The molecule has 0 saturated carbocycles. The molecule has 6 aliphatic rings. The molecule has 0 spiro atoms. The Morgan fingerprint density at radius 2 is 1.38 bits per heavy atom. The van der Waals surface area contributed by atoms with Gasteiger partial charge in [0.05, 0.1) is 38.1 Å². The lowest BCUT2D eigenvalue weighted by Crippen LogP contribution is -2.84. The number of thioether (sulfide) groups is 1. The van der Waals surface area contributed by atoms with Gasteiger partial charge in [-0.05, 0) is 32.1 Å². The third-order valence-corrected chi connectivity index (χ3v) is 9.87. The third-order valence-electron chi connectivity index (χ3n) is 8.92. The molecule has 0 N–H and O–H groups in total. The molecule has 6 saturated heterocycles. The van der Waals surface area contributed by atoms with Crippen molar-refractivity contribution in [1.29, 1.82) is 0 Å². The zero-order valence-electron chi connectivity index (χ0n) is 19.5. The maximum absolute atomic E-state index is 7.21. The number of likely N-dealkylation sites (tertiary alicyclic amines) is 1. The highest BCUT2D eigenvalue weighted by Gasteiger charge is 2.75. The smallest absolute Gasteiger partial charge is 0.153 e. The van der Waals surface area contributed by atoms with Crippen LogP contribution in [0.15, 0.2) is 0 Å². The molecule has 0 aromatic carbocycles. The van der Waals surface area contributed by atoms with Gasteiger partial charge in [0.1, 0.15) is 5.66 Å². The summed E-state index contributed by atoms with van der Waals surface area (Å²) in [5.74, 6) is 2.41. The molecular weight excluding hydrogens is 426 g/mol. The van der Waals surface area contributed by atoms with E-state index in [9.17, 15) is 0 Å². The van der Waals surface area contributed by atoms with Crippen molar-refractivity contribution >= 4 is 11.8 Å². The largest absolute Gasteiger partial charge is 0.379 e. The van der Waals surface area contributed by atoms with Crippen molar-refractivity contribution in [1.82, 2.24) is 14.7 Å². The molecule has 0 radical (unpaired) electrons. The molecule has 6 rings (SSSR count). The molecule has 8 heteroatoms. The minimum atomic E-state index is -0.416. The fourth-order valence-corrected chi connectivity index (χ4v) is 8.45. The monoisotopic (exact) mass is 467 g/mol. The van der Waals surface area contributed by atoms with Crippen LogP contribution >= 0.6 is 11.8 Å². The second-order valence-corrected chi connectivity index (χ2v) is 11.5. The number of hydrogen-bond donors (Lipinski definition) is 0. The zero-order valence-corrected chi connectivity index (χ0v) is 20.4. The minimum absolute atomic E-state index is 0.114. The predicted octanol–water partition coefficient (Wildman–Crippen LogP) is 1.66. The normalized spacial score (nSPS) is 45.2. The summed E-state index contributed by atoms with van der Waals surface area (Å²) in [6.45, 7) is 10.7. The molecular formula is C24H41N3O4S. The second-order valence-electron chi connectivity index (χ2n) is 10.3. The lowest BCUT2D eigenvalue weighted by atomic mass is 9.69. The van der Waals surface area contributed by atoms with Crippen LogP contribution in [0.4, 0.5) is 0 Å². The molecule has 5 atom stereocenters. The molecule has 0 aromatic heterocycles. The Labute approximate surface area is 197 Å². The van der Waals surface area contributed by atoms with Crippen molar-refractivity contribution in [3.8, 4) is 0 Å². The fraction of sp³-hybridized carbons (Fsp3) is 1.00. The molecule has 182 valence electrons. The first-order chi connectivity index (χ1) is 15.9. The van der Waals surface area contributed by atoms with E-state index in [2.05, 4.69) is 26.5 Å². The quantitative estimate of drug-likeness (QED) is 0.605. The fourth-order valence-electron chi connectivity index (χ4n) is 7.55. The average Bonchev–Trinajstić information content (AvgIpc) is 3.47. The van der Waals surface area contributed by atoms with Crippen LogP contribution in [0.3, 0.4) is 0 Å². The van der Waals surface area contributed by atoms with Crippen LogP contribution in [0.2, 0.25) is 0 Å². The lowest BCUT2D eigenvalue weighted by Gasteiger charge is -2.64. The molecule has 32 heavy (non-hydrogen) atoms. The van der Waals surface area contributed by atoms with E-state index in [4.69, 9.17) is 18.9 Å². The van der Waals surface area contributed by atoms with Crippen molar-refractivity contribution in [2.75, 3.05) is 83.8 Å². The second kappa shape index (κ2) is 9.61. The third kappa shape index (κ3) is 3.43. The zero-order chi connectivity index (χ0) is 21.4. The number of morpholine rings is 1. The molecule has 6 aliphatic heterocycles. The molecule has 5 unspecified atom stereocenters. The maximum atomic E-state index is 7.21. The van der Waals surface area contributed by atoms with Gasteiger partial charge < -0.3 is 18.9 Å². The summed E-state index contributed by atoms with van der Waals surface area (Å²) in [5.41, 5.74) is -0.601. The summed E-state index contributed by atoms with van der Waals surface area (Å²) in [6, 6.07) is 0.335. The standard InChI is InChI=1S/C24H41N3O4S/c1-4-13-29-21(5-1)23(22-6-14-30-22)24(26-7-2-3-8-26,27-11-17-32-18-12-27)20(19-31-23)25-9-15-28-16-10-25/h20-22H,1-19H2. The van der Waals surface area contributed by atoms with Crippen LogP contribution in [0, 0.1) is 0 Å². The van der Waals surface area contributed by atoms with E-state index in [0.717, 1.165) is 85.1 Å².